The van der Waals surface area contributed by atoms with Gasteiger partial charge in [0.05, 0.1) is 5.56 Å². The number of hydrogen-bond acceptors (Lipinski definition) is 5. The lowest BCUT2D eigenvalue weighted by molar-refractivity contribution is -0.123. The third-order valence-electron chi connectivity index (χ3n) is 1.83. The molecule has 0 aliphatic carbocycles. The molecule has 5 N–H and O–H groups in total. The number of likely N-dealkylation sites (N-methyl/N-ethyl adjacent to an activating group) is 1. The Bertz CT molecular complexity index is 398. The van der Waals surface area contributed by atoms with Crippen molar-refractivity contribution in [2.24, 2.45) is 0 Å². The molecule has 6 heteroatoms. The predicted molar refractivity (Wildman–Crippen MR) is 59.6 cm³/mol. The summed E-state index contributed by atoms with van der Waals surface area (Å²) in [5.74, 6) is -1.02. The number of nitrogens with two attached hydrogens (primary N) is 2. The smallest absolute Gasteiger partial charge is 0.338 e. The highest BCUT2D eigenvalue weighted by atomic mass is 16.5. The molecule has 0 aliphatic heterocycles. The summed E-state index contributed by atoms with van der Waals surface area (Å²) in [6, 6.07) is 4.39. The highest BCUT2D eigenvalue weighted by Gasteiger charge is 2.10. The van der Waals surface area contributed by atoms with Crippen LogP contribution in [0, 0.1) is 0 Å². The van der Waals surface area contributed by atoms with Gasteiger partial charge in [0, 0.05) is 18.4 Å². The number of carbonyl (C=O) groups excluding carboxylic acids is 2. The molecule has 1 amide bonds. The molecule has 1 rings (SSSR count). The number of carbonyl (C=O) groups is 2. The lowest BCUT2D eigenvalue weighted by Crippen LogP contribution is -2.25. The Morgan fingerprint density at radius 3 is 2.31 bits per heavy atom. The minimum atomic E-state index is -0.636. The standard InChI is InChI=1S/C10H13N3O3/c1-13-9(14)5-16-10(15)6-2-7(11)4-8(12)3-6/h2-4H,5,11-12H2,1H3,(H,13,14). The van der Waals surface area contributed by atoms with Crippen LogP contribution in [0.25, 0.3) is 0 Å². The monoisotopic (exact) mass is 223 g/mol. The van der Waals surface area contributed by atoms with Gasteiger partial charge in [-0.2, -0.15) is 0 Å². The Morgan fingerprint density at radius 1 is 1.25 bits per heavy atom. The molecule has 0 bridgehead atoms. The number of rotatable bonds is 3. The normalized spacial score (nSPS) is 9.56. The Balaban J connectivity index is 2.69. The van der Waals surface area contributed by atoms with E-state index in [1.54, 1.807) is 0 Å². The first-order valence-corrected chi connectivity index (χ1v) is 4.56. The van der Waals surface area contributed by atoms with Gasteiger partial charge in [0.15, 0.2) is 6.61 Å². The Labute approximate surface area is 92.6 Å². The van der Waals surface area contributed by atoms with Crippen LogP contribution in [0.2, 0.25) is 0 Å². The molecule has 0 heterocycles. The van der Waals surface area contributed by atoms with E-state index in [1.807, 2.05) is 0 Å². The average Bonchev–Trinajstić information content (AvgIpc) is 2.23. The number of benzene rings is 1. The molecule has 1 aromatic rings. The van der Waals surface area contributed by atoms with E-state index in [1.165, 1.54) is 25.2 Å². The molecule has 6 nitrogen and oxygen atoms in total. The molecular weight excluding hydrogens is 210 g/mol. The third kappa shape index (κ3) is 3.16. The molecular formula is C10H13N3O3. The van der Waals surface area contributed by atoms with Crippen LogP contribution < -0.4 is 16.8 Å². The second-order valence-corrected chi connectivity index (χ2v) is 3.14. The van der Waals surface area contributed by atoms with Crippen molar-refractivity contribution in [3.05, 3.63) is 23.8 Å². The van der Waals surface area contributed by atoms with E-state index in [9.17, 15) is 9.59 Å². The molecule has 0 saturated carbocycles. The zero-order valence-corrected chi connectivity index (χ0v) is 8.82. The Hall–Kier alpha value is -2.24. The fourth-order valence-corrected chi connectivity index (χ4v) is 1.08. The molecule has 0 spiro atoms. The molecule has 0 atom stereocenters. The minimum Gasteiger partial charge on any atom is -0.452 e. The van der Waals surface area contributed by atoms with Crippen LogP contribution in [0.3, 0.4) is 0 Å². The van der Waals surface area contributed by atoms with Crippen molar-refractivity contribution in [1.29, 1.82) is 0 Å². The first kappa shape index (κ1) is 11.8. The summed E-state index contributed by atoms with van der Waals surface area (Å²) in [5, 5.41) is 2.33. The summed E-state index contributed by atoms with van der Waals surface area (Å²) in [5.41, 5.74) is 12.0. The zero-order chi connectivity index (χ0) is 12.1. The number of nitrogen functional groups attached to an aromatic ring is 2. The summed E-state index contributed by atoms with van der Waals surface area (Å²) in [6.07, 6.45) is 0. The summed E-state index contributed by atoms with van der Waals surface area (Å²) in [6.45, 7) is -0.329. The molecule has 0 aliphatic rings. The Morgan fingerprint density at radius 2 is 1.81 bits per heavy atom. The van der Waals surface area contributed by atoms with Crippen molar-refractivity contribution in [2.75, 3.05) is 25.1 Å². The number of hydrogen-bond donors (Lipinski definition) is 3. The van der Waals surface area contributed by atoms with Crippen LogP contribution in [0.5, 0.6) is 0 Å². The van der Waals surface area contributed by atoms with E-state index in [0.717, 1.165) is 0 Å². The first-order valence-electron chi connectivity index (χ1n) is 4.56. The zero-order valence-electron chi connectivity index (χ0n) is 8.82. The van der Waals surface area contributed by atoms with E-state index < -0.39 is 5.97 Å². The van der Waals surface area contributed by atoms with Crippen LogP contribution in [-0.2, 0) is 9.53 Å². The highest BCUT2D eigenvalue weighted by Crippen LogP contribution is 2.14. The van der Waals surface area contributed by atoms with Crippen LogP contribution in [-0.4, -0.2) is 25.5 Å². The van der Waals surface area contributed by atoms with Gasteiger partial charge in [0.25, 0.3) is 5.91 Å². The van der Waals surface area contributed by atoms with E-state index in [2.05, 4.69) is 5.32 Å². The van der Waals surface area contributed by atoms with Crippen LogP contribution >= 0.6 is 0 Å². The second kappa shape index (κ2) is 5.01. The van der Waals surface area contributed by atoms with Crippen molar-refractivity contribution in [3.8, 4) is 0 Å². The summed E-state index contributed by atoms with van der Waals surface area (Å²) in [7, 11) is 1.45. The minimum absolute atomic E-state index is 0.224. The molecule has 0 saturated heterocycles. The van der Waals surface area contributed by atoms with Crippen molar-refractivity contribution >= 4 is 23.3 Å². The highest BCUT2D eigenvalue weighted by molar-refractivity contribution is 5.93. The number of anilines is 2. The third-order valence-corrected chi connectivity index (χ3v) is 1.83. The van der Waals surface area contributed by atoms with Gasteiger partial charge in [0.1, 0.15) is 0 Å². The maximum Gasteiger partial charge on any atom is 0.338 e. The maximum atomic E-state index is 11.5. The molecule has 1 aromatic carbocycles. The predicted octanol–water partition coefficient (Wildman–Crippen LogP) is -0.246. The molecule has 0 unspecified atom stereocenters. The van der Waals surface area contributed by atoms with Crippen molar-refractivity contribution in [1.82, 2.24) is 5.32 Å². The van der Waals surface area contributed by atoms with Crippen LogP contribution in [0.4, 0.5) is 11.4 Å². The van der Waals surface area contributed by atoms with Gasteiger partial charge in [-0.15, -0.1) is 0 Å². The van der Waals surface area contributed by atoms with Gasteiger partial charge in [-0.1, -0.05) is 0 Å². The number of amides is 1. The number of esters is 1. The summed E-state index contributed by atoms with van der Waals surface area (Å²) >= 11 is 0. The fraction of sp³-hybridized carbons (Fsp3) is 0.200. The summed E-state index contributed by atoms with van der Waals surface area (Å²) in [4.78, 5) is 22.3. The van der Waals surface area contributed by atoms with Crippen molar-refractivity contribution in [3.63, 3.8) is 0 Å². The van der Waals surface area contributed by atoms with Gasteiger partial charge in [0.2, 0.25) is 0 Å². The topological polar surface area (TPSA) is 107 Å². The number of nitrogens with one attached hydrogen (secondary N) is 1. The molecule has 0 aromatic heterocycles. The van der Waals surface area contributed by atoms with Crippen molar-refractivity contribution in [2.45, 2.75) is 0 Å². The number of ether oxygens (including phenoxy) is 1. The first-order chi connectivity index (χ1) is 7.52. The van der Waals surface area contributed by atoms with Gasteiger partial charge in [-0.25, -0.2) is 4.79 Å². The summed E-state index contributed by atoms with van der Waals surface area (Å²) < 4.78 is 4.73. The Kier molecular flexibility index (Phi) is 3.71. The van der Waals surface area contributed by atoms with Crippen molar-refractivity contribution < 1.29 is 14.3 Å². The lowest BCUT2D eigenvalue weighted by Gasteiger charge is -2.05. The van der Waals surface area contributed by atoms with Gasteiger partial charge < -0.3 is 21.5 Å². The van der Waals surface area contributed by atoms with E-state index >= 15 is 0 Å². The van der Waals surface area contributed by atoms with Gasteiger partial charge >= 0.3 is 5.97 Å². The molecule has 0 radical (unpaired) electrons. The SMILES string of the molecule is CNC(=O)COC(=O)c1cc(N)cc(N)c1. The maximum absolute atomic E-state index is 11.5. The molecule has 0 fully saturated rings. The fourth-order valence-electron chi connectivity index (χ4n) is 1.08. The lowest BCUT2D eigenvalue weighted by atomic mass is 10.2. The second-order valence-electron chi connectivity index (χ2n) is 3.14. The van der Waals surface area contributed by atoms with Gasteiger partial charge in [-0.3, -0.25) is 4.79 Å². The van der Waals surface area contributed by atoms with E-state index in [4.69, 9.17) is 16.2 Å². The quantitative estimate of drug-likeness (QED) is 0.484. The van der Waals surface area contributed by atoms with Gasteiger partial charge in [-0.05, 0) is 18.2 Å². The van der Waals surface area contributed by atoms with E-state index in [-0.39, 0.29) is 18.1 Å². The van der Waals surface area contributed by atoms with Crippen LogP contribution in [0.15, 0.2) is 18.2 Å². The van der Waals surface area contributed by atoms with E-state index in [0.29, 0.717) is 11.4 Å². The largest absolute Gasteiger partial charge is 0.452 e. The van der Waals surface area contributed by atoms with Crippen LogP contribution in [0.1, 0.15) is 10.4 Å². The average molecular weight is 223 g/mol. The molecule has 16 heavy (non-hydrogen) atoms. The molecule has 86 valence electrons.